The van der Waals surface area contributed by atoms with Gasteiger partial charge in [-0.3, -0.25) is 4.79 Å². The molecule has 5 nitrogen and oxygen atoms in total. The minimum absolute atomic E-state index is 0.117. The summed E-state index contributed by atoms with van der Waals surface area (Å²) in [6.45, 7) is 11.9. The van der Waals surface area contributed by atoms with Crippen molar-refractivity contribution in [3.63, 3.8) is 0 Å². The summed E-state index contributed by atoms with van der Waals surface area (Å²) in [6, 6.07) is 3.54. The normalized spacial score (nSPS) is 21.1. The lowest BCUT2D eigenvalue weighted by atomic mass is 9.82. The molecule has 5 heteroatoms. The molecule has 0 radical (unpaired) electrons. The monoisotopic (exact) mass is 349 g/mol. The summed E-state index contributed by atoms with van der Waals surface area (Å²) in [7, 11) is 0. The van der Waals surface area contributed by atoms with Crippen LogP contribution in [-0.2, 0) is 20.8 Å². The third-order valence-electron chi connectivity index (χ3n) is 5.04. The van der Waals surface area contributed by atoms with Crippen LogP contribution in [0, 0.1) is 11.8 Å². The van der Waals surface area contributed by atoms with E-state index in [0.717, 1.165) is 19.3 Å². The molecule has 0 spiro atoms. The molecule has 2 heterocycles. The van der Waals surface area contributed by atoms with Crippen molar-refractivity contribution in [3.8, 4) is 0 Å². The Bertz CT molecular complexity index is 585. The third-order valence-corrected chi connectivity index (χ3v) is 5.04. The van der Waals surface area contributed by atoms with Crippen LogP contribution in [0.5, 0.6) is 0 Å². The number of hydroxylamine groups is 2. The van der Waals surface area contributed by atoms with Gasteiger partial charge in [-0.2, -0.15) is 0 Å². The van der Waals surface area contributed by atoms with Crippen LogP contribution in [0.2, 0.25) is 0 Å². The summed E-state index contributed by atoms with van der Waals surface area (Å²) in [4.78, 5) is 31.4. The summed E-state index contributed by atoms with van der Waals surface area (Å²) in [5.41, 5.74) is -0.513. The van der Waals surface area contributed by atoms with Crippen molar-refractivity contribution >= 4 is 11.8 Å². The second-order valence-electron chi connectivity index (χ2n) is 8.58. The molecule has 0 aliphatic carbocycles. The number of nitrogens with zero attached hydrogens (tertiary/aromatic N) is 1. The molecule has 1 atom stereocenters. The molecule has 0 saturated carbocycles. The number of furan rings is 1. The highest BCUT2D eigenvalue weighted by Crippen LogP contribution is 2.38. The molecular weight excluding hydrogens is 318 g/mol. The van der Waals surface area contributed by atoms with E-state index < -0.39 is 11.9 Å². The lowest BCUT2D eigenvalue weighted by molar-refractivity contribution is -0.268. The van der Waals surface area contributed by atoms with Gasteiger partial charge in [0.2, 0.25) is 0 Å². The first kappa shape index (κ1) is 19.7. The summed E-state index contributed by atoms with van der Waals surface area (Å²) in [5, 5.41) is 1.80. The molecule has 0 amide bonds. The summed E-state index contributed by atoms with van der Waals surface area (Å²) < 4.78 is 5.34. The Morgan fingerprint density at radius 1 is 1.20 bits per heavy atom. The van der Waals surface area contributed by atoms with Gasteiger partial charge in [0.15, 0.2) is 0 Å². The summed E-state index contributed by atoms with van der Waals surface area (Å²) in [6.07, 6.45) is 4.77. The highest BCUT2D eigenvalue weighted by atomic mass is 16.7. The zero-order chi connectivity index (χ0) is 18.8. The van der Waals surface area contributed by atoms with Crippen LogP contribution in [0.3, 0.4) is 0 Å². The molecular formula is C20H31NO4. The summed E-state index contributed by atoms with van der Waals surface area (Å²) in [5.74, 6) is -1.07. The van der Waals surface area contributed by atoms with Crippen molar-refractivity contribution in [2.45, 2.75) is 78.3 Å². The van der Waals surface area contributed by atoms with Gasteiger partial charge in [-0.25, -0.2) is 4.79 Å². The molecule has 140 valence electrons. The maximum Gasteiger partial charge on any atom is 0.335 e. The molecule has 1 fully saturated rings. The van der Waals surface area contributed by atoms with Crippen LogP contribution >= 0.6 is 0 Å². The van der Waals surface area contributed by atoms with E-state index in [4.69, 9.17) is 9.25 Å². The van der Waals surface area contributed by atoms with Crippen molar-refractivity contribution in [3.05, 3.63) is 24.2 Å². The number of Topliss-reactive ketones (excluding diaryl/α,β-unsaturated/α-hetero) is 1. The second-order valence-corrected chi connectivity index (χ2v) is 8.58. The van der Waals surface area contributed by atoms with Crippen LogP contribution in [0.25, 0.3) is 0 Å². The predicted molar refractivity (Wildman–Crippen MR) is 95.7 cm³/mol. The number of piperidine rings is 1. The lowest BCUT2D eigenvalue weighted by Crippen LogP contribution is -2.59. The Morgan fingerprint density at radius 3 is 2.28 bits per heavy atom. The fourth-order valence-corrected chi connectivity index (χ4v) is 3.71. The van der Waals surface area contributed by atoms with Gasteiger partial charge in [0.05, 0.1) is 17.3 Å². The average molecular weight is 349 g/mol. The quantitative estimate of drug-likeness (QED) is 0.722. The molecule has 1 saturated heterocycles. The van der Waals surface area contributed by atoms with Crippen LogP contribution in [-0.4, -0.2) is 27.9 Å². The molecule has 2 rings (SSSR count). The zero-order valence-electron chi connectivity index (χ0n) is 16.3. The minimum atomic E-state index is -0.848. The fraction of sp³-hybridized carbons (Fsp3) is 0.700. The minimum Gasteiger partial charge on any atom is -0.469 e. The average Bonchev–Trinajstić information content (AvgIpc) is 3.00. The maximum absolute atomic E-state index is 12.9. The molecule has 1 aromatic rings. The topological polar surface area (TPSA) is 59.8 Å². The number of hydrogen-bond acceptors (Lipinski definition) is 5. The van der Waals surface area contributed by atoms with Crippen molar-refractivity contribution in [2.24, 2.45) is 11.8 Å². The van der Waals surface area contributed by atoms with Crippen LogP contribution in [0.4, 0.5) is 0 Å². The number of carbonyl (C=O) groups excluding carboxylic acids is 2. The largest absolute Gasteiger partial charge is 0.469 e. The van der Waals surface area contributed by atoms with Gasteiger partial charge in [0.1, 0.15) is 17.5 Å². The Hall–Kier alpha value is -1.62. The lowest BCUT2D eigenvalue weighted by Gasteiger charge is -2.50. The van der Waals surface area contributed by atoms with Gasteiger partial charge in [-0.1, -0.05) is 13.8 Å². The highest BCUT2D eigenvalue weighted by Gasteiger charge is 2.45. The van der Waals surface area contributed by atoms with Gasteiger partial charge >= 0.3 is 5.97 Å². The van der Waals surface area contributed by atoms with Gasteiger partial charge in [0.25, 0.3) is 0 Å². The molecule has 0 bridgehead atoms. The third kappa shape index (κ3) is 4.51. The molecule has 1 unspecified atom stereocenters. The predicted octanol–water partition coefficient (Wildman–Crippen LogP) is 4.16. The van der Waals surface area contributed by atoms with Crippen LogP contribution in [0.1, 0.15) is 66.6 Å². The smallest absolute Gasteiger partial charge is 0.335 e. The number of hydrogen-bond donors (Lipinski definition) is 0. The molecule has 1 aromatic heterocycles. The van der Waals surface area contributed by atoms with E-state index >= 15 is 0 Å². The van der Waals surface area contributed by atoms with E-state index in [1.54, 1.807) is 37.3 Å². The maximum atomic E-state index is 12.9. The zero-order valence-corrected chi connectivity index (χ0v) is 16.3. The second kappa shape index (κ2) is 7.32. The van der Waals surface area contributed by atoms with E-state index in [0.29, 0.717) is 5.76 Å². The first-order chi connectivity index (χ1) is 11.5. The Labute approximate surface area is 150 Å². The van der Waals surface area contributed by atoms with Crippen molar-refractivity contribution < 1.29 is 18.8 Å². The number of rotatable bonds is 6. The molecule has 1 aliphatic rings. The number of carbonyl (C=O) groups is 2. The fourth-order valence-electron chi connectivity index (χ4n) is 3.71. The van der Waals surface area contributed by atoms with Crippen LogP contribution in [0.15, 0.2) is 22.8 Å². The Morgan fingerprint density at radius 2 is 1.80 bits per heavy atom. The molecule has 25 heavy (non-hydrogen) atoms. The first-order valence-electron chi connectivity index (χ1n) is 9.13. The van der Waals surface area contributed by atoms with Gasteiger partial charge in [-0.05, 0) is 59.1 Å². The van der Waals surface area contributed by atoms with Crippen LogP contribution < -0.4 is 0 Å². The standard InChI is InChI=1S/C20H31NO4/c1-14(2)17(22)16(13-15-9-7-12-24-15)18(23)25-21-19(3,4)10-8-11-20(21,5)6/h7,9,12,14,16H,8,10-11,13H2,1-6H3. The van der Waals surface area contributed by atoms with E-state index in [-0.39, 0.29) is 29.2 Å². The van der Waals surface area contributed by atoms with Crippen molar-refractivity contribution in [2.75, 3.05) is 0 Å². The molecule has 1 aliphatic heterocycles. The van der Waals surface area contributed by atoms with Gasteiger partial charge in [0, 0.05) is 12.3 Å². The Balaban J connectivity index is 2.22. The summed E-state index contributed by atoms with van der Waals surface area (Å²) >= 11 is 0. The van der Waals surface area contributed by atoms with E-state index in [2.05, 4.69) is 27.7 Å². The van der Waals surface area contributed by atoms with E-state index in [9.17, 15) is 9.59 Å². The first-order valence-corrected chi connectivity index (χ1v) is 9.13. The Kier molecular flexibility index (Phi) is 5.77. The molecule has 0 aromatic carbocycles. The number of ketones is 1. The van der Waals surface area contributed by atoms with Gasteiger partial charge in [-0.15, -0.1) is 5.06 Å². The van der Waals surface area contributed by atoms with Gasteiger partial charge < -0.3 is 9.25 Å². The van der Waals surface area contributed by atoms with E-state index in [1.165, 1.54) is 0 Å². The highest BCUT2D eigenvalue weighted by molar-refractivity contribution is 6.00. The van der Waals surface area contributed by atoms with E-state index in [1.807, 2.05) is 0 Å². The SMILES string of the molecule is CC(C)C(=O)C(Cc1ccco1)C(=O)ON1C(C)(C)CCCC1(C)C. The van der Waals surface area contributed by atoms with Crippen molar-refractivity contribution in [1.29, 1.82) is 0 Å². The van der Waals surface area contributed by atoms with Crippen molar-refractivity contribution in [1.82, 2.24) is 5.06 Å². The molecule has 0 N–H and O–H groups in total.